The third-order valence-electron chi connectivity index (χ3n) is 2.89. The van der Waals surface area contributed by atoms with E-state index >= 15 is 0 Å². The SMILES string of the molecule is Cc1nn(C)c(NS(=O)(=O)c2ccc(OC(C)C)cc2)c1Cl. The molecule has 0 aliphatic carbocycles. The van der Waals surface area contributed by atoms with E-state index < -0.39 is 10.0 Å². The molecule has 0 aliphatic rings. The zero-order chi connectivity index (χ0) is 16.5. The first kappa shape index (κ1) is 16.6. The van der Waals surface area contributed by atoms with Gasteiger partial charge in [0, 0.05) is 7.05 Å². The van der Waals surface area contributed by atoms with Gasteiger partial charge < -0.3 is 4.74 Å². The number of aryl methyl sites for hydroxylation is 2. The summed E-state index contributed by atoms with van der Waals surface area (Å²) in [6.45, 7) is 5.51. The molecule has 0 radical (unpaired) electrons. The standard InChI is InChI=1S/C14H18ClN3O3S/c1-9(2)21-11-5-7-12(8-6-11)22(19,20)17-14-13(15)10(3)16-18(14)4/h5-9,17H,1-4H3. The molecule has 0 spiro atoms. The van der Waals surface area contributed by atoms with Crippen molar-refractivity contribution in [1.29, 1.82) is 0 Å². The second-order valence-corrected chi connectivity index (χ2v) is 7.18. The maximum absolute atomic E-state index is 12.4. The summed E-state index contributed by atoms with van der Waals surface area (Å²) in [5, 5.41) is 4.36. The molecule has 8 heteroatoms. The van der Waals surface area contributed by atoms with Crippen LogP contribution >= 0.6 is 11.6 Å². The van der Waals surface area contributed by atoms with Gasteiger partial charge in [-0.05, 0) is 45.0 Å². The average molecular weight is 344 g/mol. The highest BCUT2D eigenvalue weighted by atomic mass is 35.5. The van der Waals surface area contributed by atoms with Crippen molar-refractivity contribution in [2.24, 2.45) is 7.05 Å². The first-order valence-corrected chi connectivity index (χ1v) is 8.55. The van der Waals surface area contributed by atoms with Crippen LogP contribution in [0.25, 0.3) is 0 Å². The molecular weight excluding hydrogens is 326 g/mol. The second kappa shape index (κ2) is 6.18. The predicted molar refractivity (Wildman–Crippen MR) is 86.0 cm³/mol. The third kappa shape index (κ3) is 3.53. The first-order valence-electron chi connectivity index (χ1n) is 6.69. The monoisotopic (exact) mass is 343 g/mol. The van der Waals surface area contributed by atoms with Gasteiger partial charge in [0.2, 0.25) is 0 Å². The molecule has 1 heterocycles. The Kier molecular flexibility index (Phi) is 4.67. The summed E-state index contributed by atoms with van der Waals surface area (Å²) in [5.74, 6) is 0.852. The Balaban J connectivity index is 2.27. The molecule has 120 valence electrons. The largest absolute Gasteiger partial charge is 0.491 e. The van der Waals surface area contributed by atoms with Crippen LogP contribution in [0.2, 0.25) is 5.02 Å². The van der Waals surface area contributed by atoms with Gasteiger partial charge in [0.25, 0.3) is 10.0 Å². The lowest BCUT2D eigenvalue weighted by Crippen LogP contribution is -2.15. The predicted octanol–water partition coefficient (Wildman–Crippen LogP) is 2.97. The summed E-state index contributed by atoms with van der Waals surface area (Å²) in [5.41, 5.74) is 0.558. The number of hydrogen-bond acceptors (Lipinski definition) is 4. The Morgan fingerprint density at radius 1 is 1.27 bits per heavy atom. The van der Waals surface area contributed by atoms with Crippen molar-refractivity contribution < 1.29 is 13.2 Å². The Hall–Kier alpha value is -1.73. The number of rotatable bonds is 5. The zero-order valence-electron chi connectivity index (χ0n) is 12.8. The number of hydrogen-bond donors (Lipinski definition) is 1. The molecule has 0 atom stereocenters. The summed E-state index contributed by atoms with van der Waals surface area (Å²) >= 11 is 6.06. The fourth-order valence-electron chi connectivity index (χ4n) is 1.90. The van der Waals surface area contributed by atoms with Crippen LogP contribution in [0.15, 0.2) is 29.2 Å². The highest BCUT2D eigenvalue weighted by Crippen LogP contribution is 2.27. The van der Waals surface area contributed by atoms with Crippen LogP contribution in [0.3, 0.4) is 0 Å². The van der Waals surface area contributed by atoms with Gasteiger partial charge in [-0.3, -0.25) is 9.40 Å². The van der Waals surface area contributed by atoms with E-state index in [1.807, 2.05) is 13.8 Å². The van der Waals surface area contributed by atoms with E-state index in [1.165, 1.54) is 16.8 Å². The molecule has 22 heavy (non-hydrogen) atoms. The van der Waals surface area contributed by atoms with Gasteiger partial charge >= 0.3 is 0 Å². The van der Waals surface area contributed by atoms with Crippen LogP contribution < -0.4 is 9.46 Å². The molecule has 0 saturated carbocycles. The van der Waals surface area contributed by atoms with Crippen molar-refractivity contribution in [3.63, 3.8) is 0 Å². The van der Waals surface area contributed by atoms with E-state index in [2.05, 4.69) is 9.82 Å². The van der Waals surface area contributed by atoms with Crippen molar-refractivity contribution in [3.05, 3.63) is 35.0 Å². The fraction of sp³-hybridized carbons (Fsp3) is 0.357. The maximum Gasteiger partial charge on any atom is 0.263 e. The summed E-state index contributed by atoms with van der Waals surface area (Å²) < 4.78 is 34.1. The number of nitrogens with zero attached hydrogens (tertiary/aromatic N) is 2. The fourth-order valence-corrected chi connectivity index (χ4v) is 3.26. The Bertz CT molecular complexity index is 767. The average Bonchev–Trinajstić information content (AvgIpc) is 2.65. The molecule has 1 N–H and O–H groups in total. The molecular formula is C14H18ClN3O3S. The van der Waals surface area contributed by atoms with E-state index in [1.54, 1.807) is 26.1 Å². The van der Waals surface area contributed by atoms with Crippen LogP contribution in [0, 0.1) is 6.92 Å². The Morgan fingerprint density at radius 2 is 1.86 bits per heavy atom. The number of ether oxygens (including phenoxy) is 1. The highest BCUT2D eigenvalue weighted by Gasteiger charge is 2.20. The van der Waals surface area contributed by atoms with Crippen molar-refractivity contribution in [1.82, 2.24) is 9.78 Å². The molecule has 2 rings (SSSR count). The van der Waals surface area contributed by atoms with E-state index in [0.717, 1.165) is 0 Å². The molecule has 1 aromatic heterocycles. The van der Waals surface area contributed by atoms with Gasteiger partial charge in [-0.15, -0.1) is 0 Å². The minimum Gasteiger partial charge on any atom is -0.491 e. The topological polar surface area (TPSA) is 73.2 Å². The van der Waals surface area contributed by atoms with E-state index in [9.17, 15) is 8.42 Å². The van der Waals surface area contributed by atoms with Gasteiger partial charge in [-0.1, -0.05) is 11.6 Å². The number of benzene rings is 1. The van der Waals surface area contributed by atoms with Crippen molar-refractivity contribution in [2.75, 3.05) is 4.72 Å². The van der Waals surface area contributed by atoms with Crippen LogP contribution in [-0.2, 0) is 17.1 Å². The van der Waals surface area contributed by atoms with E-state index in [0.29, 0.717) is 11.4 Å². The molecule has 1 aromatic carbocycles. The van der Waals surface area contributed by atoms with Crippen molar-refractivity contribution in [3.8, 4) is 5.75 Å². The van der Waals surface area contributed by atoms with Gasteiger partial charge in [0.15, 0.2) is 5.82 Å². The lowest BCUT2D eigenvalue weighted by molar-refractivity contribution is 0.242. The van der Waals surface area contributed by atoms with Crippen LogP contribution in [0.1, 0.15) is 19.5 Å². The molecule has 2 aromatic rings. The maximum atomic E-state index is 12.4. The van der Waals surface area contributed by atoms with E-state index in [-0.39, 0.29) is 21.8 Å². The number of aromatic nitrogens is 2. The number of halogens is 1. The number of anilines is 1. The van der Waals surface area contributed by atoms with Gasteiger partial charge in [-0.25, -0.2) is 8.42 Å². The van der Waals surface area contributed by atoms with Gasteiger partial charge in [0.1, 0.15) is 10.8 Å². The number of nitrogens with one attached hydrogen (secondary N) is 1. The number of sulfonamides is 1. The molecule has 0 unspecified atom stereocenters. The minimum absolute atomic E-state index is 0.0248. The molecule has 0 saturated heterocycles. The zero-order valence-corrected chi connectivity index (χ0v) is 14.4. The second-order valence-electron chi connectivity index (χ2n) is 5.12. The lowest BCUT2D eigenvalue weighted by atomic mass is 10.3. The van der Waals surface area contributed by atoms with Crippen LogP contribution in [0.4, 0.5) is 5.82 Å². The summed E-state index contributed by atoms with van der Waals surface area (Å²) in [7, 11) is -2.12. The molecule has 6 nitrogen and oxygen atoms in total. The lowest BCUT2D eigenvalue weighted by Gasteiger charge is -2.11. The van der Waals surface area contributed by atoms with Crippen molar-refractivity contribution in [2.45, 2.75) is 31.8 Å². The third-order valence-corrected chi connectivity index (χ3v) is 4.69. The molecule has 0 bridgehead atoms. The molecule has 0 amide bonds. The van der Waals surface area contributed by atoms with Crippen LogP contribution in [0.5, 0.6) is 5.75 Å². The minimum atomic E-state index is -3.74. The summed E-state index contributed by atoms with van der Waals surface area (Å²) in [4.78, 5) is 0.124. The summed E-state index contributed by atoms with van der Waals surface area (Å²) in [6, 6.07) is 6.20. The first-order chi connectivity index (χ1) is 10.2. The van der Waals surface area contributed by atoms with E-state index in [4.69, 9.17) is 16.3 Å². The Labute approximate surface area is 135 Å². The highest BCUT2D eigenvalue weighted by molar-refractivity contribution is 7.92. The van der Waals surface area contributed by atoms with Crippen molar-refractivity contribution >= 4 is 27.4 Å². The van der Waals surface area contributed by atoms with Gasteiger partial charge in [-0.2, -0.15) is 5.10 Å². The quantitative estimate of drug-likeness (QED) is 0.905. The Morgan fingerprint density at radius 3 is 2.32 bits per heavy atom. The normalized spacial score (nSPS) is 11.7. The molecule has 0 aliphatic heterocycles. The van der Waals surface area contributed by atoms with Crippen LogP contribution in [-0.4, -0.2) is 24.3 Å². The summed E-state index contributed by atoms with van der Waals surface area (Å²) in [6.07, 6.45) is 0.0248. The van der Waals surface area contributed by atoms with Gasteiger partial charge in [0.05, 0.1) is 16.7 Å². The molecule has 0 fully saturated rings. The smallest absolute Gasteiger partial charge is 0.263 e.